The molecule has 0 aliphatic rings. The van der Waals surface area contributed by atoms with Crippen LogP contribution in [0.25, 0.3) is 0 Å². The van der Waals surface area contributed by atoms with E-state index in [0.29, 0.717) is 29.6 Å². The fraction of sp³-hybridized carbons (Fsp3) is 0.188. The van der Waals surface area contributed by atoms with Gasteiger partial charge >= 0.3 is 0 Å². The van der Waals surface area contributed by atoms with Crippen molar-refractivity contribution in [1.82, 2.24) is 0 Å². The molecule has 2 aromatic carbocycles. The van der Waals surface area contributed by atoms with E-state index in [4.69, 9.17) is 21.6 Å². The van der Waals surface area contributed by atoms with E-state index in [1.54, 1.807) is 48.3 Å². The molecule has 0 bridgehead atoms. The number of benzene rings is 2. The number of rotatable bonds is 6. The van der Waals surface area contributed by atoms with Gasteiger partial charge in [-0.15, -0.1) is 0 Å². The average molecular weight is 332 g/mol. The highest BCUT2D eigenvalue weighted by Gasteiger charge is 2.17. The lowest BCUT2D eigenvalue weighted by Crippen LogP contribution is -2.24. The summed E-state index contributed by atoms with van der Waals surface area (Å²) in [5.74, 6) is 0.639. The SMILES string of the molecule is CN(CCOc1cccc(Cl)c1)c1ccc(C#N)cc1[N+](=O)[O-]. The largest absolute Gasteiger partial charge is 0.492 e. The molecule has 23 heavy (non-hydrogen) atoms. The van der Waals surface area contributed by atoms with Crippen molar-refractivity contribution >= 4 is 23.0 Å². The Morgan fingerprint density at radius 1 is 1.35 bits per heavy atom. The Morgan fingerprint density at radius 3 is 2.78 bits per heavy atom. The molecule has 0 radical (unpaired) electrons. The summed E-state index contributed by atoms with van der Waals surface area (Å²) in [7, 11) is 1.73. The molecule has 0 spiro atoms. The smallest absolute Gasteiger partial charge is 0.293 e. The molecule has 0 aliphatic heterocycles. The maximum Gasteiger partial charge on any atom is 0.293 e. The Kier molecular flexibility index (Phi) is 5.39. The van der Waals surface area contributed by atoms with E-state index < -0.39 is 4.92 Å². The van der Waals surface area contributed by atoms with Gasteiger partial charge in [0.2, 0.25) is 0 Å². The second-order valence-electron chi connectivity index (χ2n) is 4.80. The molecule has 0 unspecified atom stereocenters. The molecule has 0 atom stereocenters. The van der Waals surface area contributed by atoms with Gasteiger partial charge in [-0.05, 0) is 30.3 Å². The molecule has 0 aromatic heterocycles. The lowest BCUT2D eigenvalue weighted by atomic mass is 10.2. The minimum absolute atomic E-state index is 0.102. The van der Waals surface area contributed by atoms with Crippen LogP contribution in [-0.4, -0.2) is 25.1 Å². The molecular weight excluding hydrogens is 318 g/mol. The van der Waals surface area contributed by atoms with Crippen molar-refractivity contribution in [2.24, 2.45) is 0 Å². The van der Waals surface area contributed by atoms with Crippen LogP contribution in [0.4, 0.5) is 11.4 Å². The molecule has 0 aliphatic carbocycles. The van der Waals surface area contributed by atoms with Crippen LogP contribution in [-0.2, 0) is 0 Å². The number of likely N-dealkylation sites (N-methyl/N-ethyl adjacent to an activating group) is 1. The molecule has 0 heterocycles. The minimum atomic E-state index is -0.496. The lowest BCUT2D eigenvalue weighted by Gasteiger charge is -2.19. The zero-order valence-electron chi connectivity index (χ0n) is 12.4. The van der Waals surface area contributed by atoms with E-state index in [0.717, 1.165) is 0 Å². The summed E-state index contributed by atoms with van der Waals surface area (Å²) in [4.78, 5) is 12.4. The third-order valence-corrected chi connectivity index (χ3v) is 3.44. The summed E-state index contributed by atoms with van der Waals surface area (Å²) >= 11 is 5.87. The highest BCUT2D eigenvalue weighted by Crippen LogP contribution is 2.28. The Morgan fingerprint density at radius 2 is 2.13 bits per heavy atom. The van der Waals surface area contributed by atoms with Gasteiger partial charge in [-0.25, -0.2) is 0 Å². The van der Waals surface area contributed by atoms with Crippen LogP contribution < -0.4 is 9.64 Å². The number of ether oxygens (including phenoxy) is 1. The first kappa shape index (κ1) is 16.6. The van der Waals surface area contributed by atoms with Gasteiger partial charge in [-0.1, -0.05) is 17.7 Å². The summed E-state index contributed by atoms with van der Waals surface area (Å²) in [6.07, 6.45) is 0. The van der Waals surface area contributed by atoms with Crippen molar-refractivity contribution in [2.45, 2.75) is 0 Å². The number of halogens is 1. The highest BCUT2D eigenvalue weighted by atomic mass is 35.5. The van der Waals surface area contributed by atoms with Crippen molar-refractivity contribution in [1.29, 1.82) is 5.26 Å². The first-order valence-corrected chi connectivity index (χ1v) is 7.17. The van der Waals surface area contributed by atoms with E-state index >= 15 is 0 Å². The van der Waals surface area contributed by atoms with Gasteiger partial charge in [0, 0.05) is 18.1 Å². The molecule has 2 rings (SSSR count). The highest BCUT2D eigenvalue weighted by molar-refractivity contribution is 6.30. The van der Waals surface area contributed by atoms with Gasteiger partial charge in [0.25, 0.3) is 5.69 Å². The average Bonchev–Trinajstić information content (AvgIpc) is 2.54. The summed E-state index contributed by atoms with van der Waals surface area (Å²) in [5, 5.41) is 20.6. The quantitative estimate of drug-likeness (QED) is 0.596. The molecule has 0 saturated heterocycles. The molecule has 0 N–H and O–H groups in total. The van der Waals surface area contributed by atoms with Gasteiger partial charge in [0.15, 0.2) is 0 Å². The Labute approximate surface area is 138 Å². The zero-order valence-corrected chi connectivity index (χ0v) is 13.2. The van der Waals surface area contributed by atoms with Crippen LogP contribution in [0, 0.1) is 21.4 Å². The maximum atomic E-state index is 11.2. The van der Waals surface area contributed by atoms with E-state index in [1.807, 2.05) is 6.07 Å². The van der Waals surface area contributed by atoms with Crippen LogP contribution in [0.2, 0.25) is 5.02 Å². The van der Waals surface area contributed by atoms with Gasteiger partial charge < -0.3 is 9.64 Å². The molecule has 7 heteroatoms. The number of nitro benzene ring substituents is 1. The van der Waals surface area contributed by atoms with Gasteiger partial charge in [0.1, 0.15) is 18.0 Å². The first-order valence-electron chi connectivity index (χ1n) is 6.79. The first-order chi connectivity index (χ1) is 11.0. The van der Waals surface area contributed by atoms with Crippen molar-refractivity contribution in [3.05, 3.63) is 63.2 Å². The monoisotopic (exact) mass is 331 g/mol. The van der Waals surface area contributed by atoms with Gasteiger partial charge in [-0.3, -0.25) is 10.1 Å². The summed E-state index contributed by atoms with van der Waals surface area (Å²) in [6, 6.07) is 13.3. The predicted octanol–water partition coefficient (Wildman–Crippen LogP) is 3.64. The number of anilines is 1. The van der Waals surface area contributed by atoms with Crippen LogP contribution in [0.1, 0.15) is 5.56 Å². The van der Waals surface area contributed by atoms with E-state index in [9.17, 15) is 10.1 Å². The predicted molar refractivity (Wildman–Crippen MR) is 88.0 cm³/mol. The molecule has 0 amide bonds. The number of nitrogens with zero attached hydrogens (tertiary/aromatic N) is 3. The molecular formula is C16H14ClN3O3. The zero-order chi connectivity index (χ0) is 16.8. The standard InChI is InChI=1S/C16H14ClN3O3/c1-19(7-8-23-14-4-2-3-13(17)10-14)15-6-5-12(11-18)9-16(15)20(21)22/h2-6,9-10H,7-8H2,1H3. The number of hydrogen-bond acceptors (Lipinski definition) is 5. The molecule has 6 nitrogen and oxygen atoms in total. The minimum Gasteiger partial charge on any atom is -0.492 e. The topological polar surface area (TPSA) is 79.4 Å². The van der Waals surface area contributed by atoms with Crippen molar-refractivity contribution in [2.75, 3.05) is 25.1 Å². The fourth-order valence-corrected chi connectivity index (χ4v) is 2.22. The number of hydrogen-bond donors (Lipinski definition) is 0. The maximum absolute atomic E-state index is 11.2. The summed E-state index contributed by atoms with van der Waals surface area (Å²) in [5.41, 5.74) is 0.585. The number of nitriles is 1. The third-order valence-electron chi connectivity index (χ3n) is 3.20. The van der Waals surface area contributed by atoms with Gasteiger partial charge in [0.05, 0.1) is 23.1 Å². The molecule has 118 valence electrons. The number of nitro groups is 1. The van der Waals surface area contributed by atoms with Crippen LogP contribution >= 0.6 is 11.6 Å². The van der Waals surface area contributed by atoms with Crippen molar-refractivity contribution < 1.29 is 9.66 Å². The summed E-state index contributed by atoms with van der Waals surface area (Å²) in [6.45, 7) is 0.785. The van der Waals surface area contributed by atoms with E-state index in [-0.39, 0.29) is 11.3 Å². The molecule has 0 saturated carbocycles. The molecule has 0 fully saturated rings. The van der Waals surface area contributed by atoms with Crippen LogP contribution in [0.3, 0.4) is 0 Å². The Balaban J connectivity index is 2.04. The normalized spacial score (nSPS) is 9.96. The summed E-state index contributed by atoms with van der Waals surface area (Å²) < 4.78 is 5.58. The van der Waals surface area contributed by atoms with Crippen molar-refractivity contribution in [3.63, 3.8) is 0 Å². The fourth-order valence-electron chi connectivity index (χ4n) is 2.04. The van der Waals surface area contributed by atoms with E-state index in [2.05, 4.69) is 0 Å². The second kappa shape index (κ2) is 7.47. The Bertz CT molecular complexity index is 758. The van der Waals surface area contributed by atoms with Gasteiger partial charge in [-0.2, -0.15) is 5.26 Å². The Hall–Kier alpha value is -2.78. The molecule has 2 aromatic rings. The van der Waals surface area contributed by atoms with E-state index in [1.165, 1.54) is 6.07 Å². The van der Waals surface area contributed by atoms with Crippen molar-refractivity contribution in [3.8, 4) is 11.8 Å². The van der Waals surface area contributed by atoms with Crippen LogP contribution in [0.15, 0.2) is 42.5 Å². The lowest BCUT2D eigenvalue weighted by molar-refractivity contribution is -0.384. The third kappa shape index (κ3) is 4.34. The second-order valence-corrected chi connectivity index (χ2v) is 5.24. The van der Waals surface area contributed by atoms with Crippen LogP contribution in [0.5, 0.6) is 5.75 Å².